The van der Waals surface area contributed by atoms with Crippen LogP contribution in [0.5, 0.6) is 5.75 Å². The highest BCUT2D eigenvalue weighted by molar-refractivity contribution is 7.15. The number of benzene rings is 1. The Bertz CT molecular complexity index is 804. The van der Waals surface area contributed by atoms with Gasteiger partial charge in [0.15, 0.2) is 4.96 Å². The van der Waals surface area contributed by atoms with Crippen LogP contribution in [0.3, 0.4) is 0 Å². The number of anilines is 1. The molecule has 0 spiro atoms. The van der Waals surface area contributed by atoms with E-state index in [0.29, 0.717) is 11.4 Å². The van der Waals surface area contributed by atoms with E-state index in [1.807, 2.05) is 29.7 Å². The summed E-state index contributed by atoms with van der Waals surface area (Å²) in [5, 5.41) is 14.4. The number of nitrogens with one attached hydrogen (secondary N) is 1. The van der Waals surface area contributed by atoms with Gasteiger partial charge in [-0.05, 0) is 31.5 Å². The van der Waals surface area contributed by atoms with Gasteiger partial charge in [-0.1, -0.05) is 6.07 Å². The number of phenols is 1. The average molecular weight is 287 g/mol. The summed E-state index contributed by atoms with van der Waals surface area (Å²) in [5.41, 5.74) is 2.68. The molecule has 0 aliphatic carbocycles. The fourth-order valence-electron chi connectivity index (χ4n) is 1.94. The molecule has 3 rings (SSSR count). The molecule has 0 saturated carbocycles. The standard InChI is InChI=1S/C14H13N3O2S/c1-8-3-4-10(12(18)5-8)15-13(19)11-6-17-9(2)7-20-14(17)16-11/h3-7,18H,1-2H3,(H,15,19). The van der Waals surface area contributed by atoms with Gasteiger partial charge in [-0.2, -0.15) is 0 Å². The number of thiazole rings is 1. The molecule has 0 bridgehead atoms. The number of carbonyl (C=O) groups excluding carboxylic acids is 1. The Morgan fingerprint density at radius 2 is 2.20 bits per heavy atom. The van der Waals surface area contributed by atoms with Crippen LogP contribution in [0, 0.1) is 13.8 Å². The number of carbonyl (C=O) groups is 1. The number of aromatic hydroxyl groups is 1. The number of hydrogen-bond donors (Lipinski definition) is 2. The second-order valence-electron chi connectivity index (χ2n) is 4.63. The summed E-state index contributed by atoms with van der Waals surface area (Å²) in [7, 11) is 0. The maximum absolute atomic E-state index is 12.1. The summed E-state index contributed by atoms with van der Waals surface area (Å²) < 4.78 is 1.87. The maximum Gasteiger partial charge on any atom is 0.276 e. The highest BCUT2D eigenvalue weighted by Gasteiger charge is 2.14. The van der Waals surface area contributed by atoms with Gasteiger partial charge in [0.05, 0.1) is 5.69 Å². The van der Waals surface area contributed by atoms with Crippen molar-refractivity contribution in [3.8, 4) is 5.75 Å². The first-order valence-electron chi connectivity index (χ1n) is 6.09. The van der Waals surface area contributed by atoms with E-state index in [1.165, 1.54) is 11.3 Å². The van der Waals surface area contributed by atoms with E-state index in [1.54, 1.807) is 18.3 Å². The van der Waals surface area contributed by atoms with Crippen LogP contribution >= 0.6 is 11.3 Å². The minimum atomic E-state index is -0.334. The van der Waals surface area contributed by atoms with Gasteiger partial charge in [0.25, 0.3) is 5.91 Å². The normalized spacial score (nSPS) is 10.9. The van der Waals surface area contributed by atoms with Crippen LogP contribution in [-0.2, 0) is 0 Å². The van der Waals surface area contributed by atoms with Crippen molar-refractivity contribution in [3.63, 3.8) is 0 Å². The van der Waals surface area contributed by atoms with E-state index in [9.17, 15) is 9.90 Å². The monoisotopic (exact) mass is 287 g/mol. The predicted octanol–water partition coefficient (Wildman–Crippen LogP) is 2.97. The van der Waals surface area contributed by atoms with Crippen LogP contribution in [0.1, 0.15) is 21.7 Å². The molecule has 3 aromatic rings. The Morgan fingerprint density at radius 3 is 2.90 bits per heavy atom. The second kappa shape index (κ2) is 4.64. The van der Waals surface area contributed by atoms with Crippen LogP contribution < -0.4 is 5.32 Å². The van der Waals surface area contributed by atoms with Crippen molar-refractivity contribution in [2.75, 3.05) is 5.32 Å². The number of hydrogen-bond acceptors (Lipinski definition) is 4. The Labute approximate surface area is 119 Å². The molecule has 0 fully saturated rings. The summed E-state index contributed by atoms with van der Waals surface area (Å²) in [6.45, 7) is 3.83. The van der Waals surface area contributed by atoms with E-state index >= 15 is 0 Å². The molecule has 1 amide bonds. The predicted molar refractivity (Wildman–Crippen MR) is 78.6 cm³/mol. The molecule has 2 heterocycles. The fourth-order valence-corrected chi connectivity index (χ4v) is 2.79. The number of imidazole rings is 1. The smallest absolute Gasteiger partial charge is 0.276 e. The molecule has 0 saturated heterocycles. The molecular formula is C14H13N3O2S. The van der Waals surface area contributed by atoms with Crippen molar-refractivity contribution in [1.82, 2.24) is 9.38 Å². The molecule has 20 heavy (non-hydrogen) atoms. The number of rotatable bonds is 2. The summed E-state index contributed by atoms with van der Waals surface area (Å²) in [6.07, 6.45) is 1.70. The highest BCUT2D eigenvalue weighted by Crippen LogP contribution is 2.24. The van der Waals surface area contributed by atoms with Gasteiger partial charge in [0.1, 0.15) is 11.4 Å². The molecule has 0 unspecified atom stereocenters. The molecule has 102 valence electrons. The quantitative estimate of drug-likeness (QED) is 0.712. The van der Waals surface area contributed by atoms with Crippen LogP contribution in [-0.4, -0.2) is 20.4 Å². The fraction of sp³-hybridized carbons (Fsp3) is 0.143. The average Bonchev–Trinajstić information content (AvgIpc) is 2.96. The number of fused-ring (bicyclic) bond motifs is 1. The zero-order valence-corrected chi connectivity index (χ0v) is 11.9. The first kappa shape index (κ1) is 12.7. The summed E-state index contributed by atoms with van der Waals surface area (Å²) in [4.78, 5) is 17.2. The topological polar surface area (TPSA) is 66.6 Å². The first-order valence-corrected chi connectivity index (χ1v) is 6.97. The van der Waals surface area contributed by atoms with Gasteiger partial charge in [0, 0.05) is 17.3 Å². The molecule has 2 aromatic heterocycles. The molecule has 0 aliphatic heterocycles. The molecule has 6 heteroatoms. The van der Waals surface area contributed by atoms with E-state index in [0.717, 1.165) is 16.2 Å². The van der Waals surface area contributed by atoms with Crippen molar-refractivity contribution in [2.45, 2.75) is 13.8 Å². The first-order chi connectivity index (χ1) is 9.54. The van der Waals surface area contributed by atoms with Gasteiger partial charge in [-0.3, -0.25) is 9.20 Å². The SMILES string of the molecule is Cc1ccc(NC(=O)c2cn3c(C)csc3n2)c(O)c1. The maximum atomic E-state index is 12.1. The van der Waals surface area contributed by atoms with Crippen molar-refractivity contribution in [3.05, 3.63) is 46.7 Å². The van der Waals surface area contributed by atoms with Crippen molar-refractivity contribution in [1.29, 1.82) is 0 Å². The van der Waals surface area contributed by atoms with E-state index < -0.39 is 0 Å². The van der Waals surface area contributed by atoms with Crippen molar-refractivity contribution < 1.29 is 9.90 Å². The minimum Gasteiger partial charge on any atom is -0.506 e. The third kappa shape index (κ3) is 2.14. The lowest BCUT2D eigenvalue weighted by Crippen LogP contribution is -2.12. The van der Waals surface area contributed by atoms with Crippen LogP contribution in [0.15, 0.2) is 29.8 Å². The molecule has 0 aliphatic rings. The van der Waals surface area contributed by atoms with Gasteiger partial charge in [0.2, 0.25) is 0 Å². The molecule has 0 atom stereocenters. The third-order valence-electron chi connectivity index (χ3n) is 3.02. The van der Waals surface area contributed by atoms with Crippen LogP contribution in [0.2, 0.25) is 0 Å². The Morgan fingerprint density at radius 1 is 1.40 bits per heavy atom. The van der Waals surface area contributed by atoms with Crippen molar-refractivity contribution in [2.24, 2.45) is 0 Å². The zero-order chi connectivity index (χ0) is 14.3. The number of phenolic OH excluding ortho intramolecular Hbond substituents is 1. The Balaban J connectivity index is 1.88. The summed E-state index contributed by atoms with van der Waals surface area (Å²) in [5.74, 6) is -0.282. The molecule has 5 nitrogen and oxygen atoms in total. The Kier molecular flexibility index (Phi) is 2.94. The molecule has 2 N–H and O–H groups in total. The van der Waals surface area contributed by atoms with Gasteiger partial charge >= 0.3 is 0 Å². The van der Waals surface area contributed by atoms with E-state index in [4.69, 9.17) is 0 Å². The second-order valence-corrected chi connectivity index (χ2v) is 5.47. The van der Waals surface area contributed by atoms with Gasteiger partial charge < -0.3 is 10.4 Å². The van der Waals surface area contributed by atoms with Crippen LogP contribution in [0.25, 0.3) is 4.96 Å². The van der Waals surface area contributed by atoms with E-state index in [-0.39, 0.29) is 11.7 Å². The summed E-state index contributed by atoms with van der Waals surface area (Å²) >= 11 is 1.49. The molecule has 0 radical (unpaired) electrons. The molecular weight excluding hydrogens is 274 g/mol. The number of nitrogens with zero attached hydrogens (tertiary/aromatic N) is 2. The summed E-state index contributed by atoms with van der Waals surface area (Å²) in [6, 6.07) is 5.10. The Hall–Kier alpha value is -2.34. The van der Waals surface area contributed by atoms with E-state index in [2.05, 4.69) is 10.3 Å². The third-order valence-corrected chi connectivity index (χ3v) is 3.98. The largest absolute Gasteiger partial charge is 0.506 e. The lowest BCUT2D eigenvalue weighted by atomic mass is 10.2. The minimum absolute atomic E-state index is 0.0514. The zero-order valence-electron chi connectivity index (χ0n) is 11.0. The lowest BCUT2D eigenvalue weighted by molar-refractivity contribution is 0.102. The number of aryl methyl sites for hydroxylation is 2. The molecule has 1 aromatic carbocycles. The number of aromatic nitrogens is 2. The lowest BCUT2D eigenvalue weighted by Gasteiger charge is -2.06. The van der Waals surface area contributed by atoms with Gasteiger partial charge in [-0.15, -0.1) is 11.3 Å². The van der Waals surface area contributed by atoms with Crippen LogP contribution in [0.4, 0.5) is 5.69 Å². The number of amides is 1. The van der Waals surface area contributed by atoms with Crippen molar-refractivity contribution >= 4 is 27.9 Å². The van der Waals surface area contributed by atoms with Gasteiger partial charge in [-0.25, -0.2) is 4.98 Å². The highest BCUT2D eigenvalue weighted by atomic mass is 32.1.